The maximum Gasteiger partial charge on any atom is 0.0595 e. The van der Waals surface area contributed by atoms with E-state index in [1.54, 1.807) is 0 Å². The second kappa shape index (κ2) is 6.31. The van der Waals surface area contributed by atoms with Crippen molar-refractivity contribution in [2.24, 2.45) is 0 Å². The molecule has 2 aromatic carbocycles. The molecule has 0 aliphatic rings. The van der Waals surface area contributed by atoms with Crippen molar-refractivity contribution in [2.75, 3.05) is 5.32 Å². The van der Waals surface area contributed by atoms with E-state index in [0.717, 1.165) is 17.7 Å². The third-order valence-corrected chi connectivity index (χ3v) is 3.85. The zero-order valence-corrected chi connectivity index (χ0v) is 12.6. The summed E-state index contributed by atoms with van der Waals surface area (Å²) in [6, 6.07) is 14.4. The van der Waals surface area contributed by atoms with Crippen LogP contribution in [0.4, 0.5) is 5.69 Å². The summed E-state index contributed by atoms with van der Waals surface area (Å²) in [7, 11) is 0. The lowest BCUT2D eigenvalue weighted by atomic mass is 10.0. The van der Waals surface area contributed by atoms with Crippen LogP contribution in [0.1, 0.15) is 30.5 Å². The van der Waals surface area contributed by atoms with Crippen molar-refractivity contribution in [3.63, 3.8) is 0 Å². The molecule has 0 saturated carbocycles. The number of benzene rings is 2. The van der Waals surface area contributed by atoms with Crippen molar-refractivity contribution < 1.29 is 0 Å². The standard InChI is InChI=1S/C16H17Cl2N/c1-3-16(12-7-8-14(17)15(18)10-12)19-13-6-4-5-11(2)9-13/h4-10,16,19H,3H2,1-2H3. The molecule has 1 N–H and O–H groups in total. The summed E-state index contributed by atoms with van der Waals surface area (Å²) in [5.41, 5.74) is 3.52. The number of halogens is 2. The van der Waals surface area contributed by atoms with Gasteiger partial charge in [0.05, 0.1) is 16.1 Å². The number of hydrogen-bond donors (Lipinski definition) is 1. The van der Waals surface area contributed by atoms with Crippen LogP contribution in [0.5, 0.6) is 0 Å². The van der Waals surface area contributed by atoms with E-state index in [9.17, 15) is 0 Å². The quantitative estimate of drug-likeness (QED) is 0.744. The summed E-state index contributed by atoms with van der Waals surface area (Å²) in [6.45, 7) is 4.24. The van der Waals surface area contributed by atoms with Crippen LogP contribution in [-0.2, 0) is 0 Å². The fraction of sp³-hybridized carbons (Fsp3) is 0.250. The van der Waals surface area contributed by atoms with E-state index in [1.165, 1.54) is 5.56 Å². The molecule has 0 fully saturated rings. The van der Waals surface area contributed by atoms with E-state index in [2.05, 4.69) is 43.4 Å². The zero-order valence-electron chi connectivity index (χ0n) is 11.1. The predicted octanol–water partition coefficient (Wildman–Crippen LogP) is 5.87. The Hall–Kier alpha value is -1.18. The average Bonchev–Trinajstić information content (AvgIpc) is 2.39. The predicted molar refractivity (Wildman–Crippen MR) is 84.3 cm³/mol. The number of hydrogen-bond acceptors (Lipinski definition) is 1. The molecule has 0 radical (unpaired) electrons. The molecule has 0 heterocycles. The van der Waals surface area contributed by atoms with E-state index in [-0.39, 0.29) is 6.04 Å². The summed E-state index contributed by atoms with van der Waals surface area (Å²) in [6.07, 6.45) is 0.978. The second-order valence-electron chi connectivity index (χ2n) is 4.65. The molecule has 2 rings (SSSR count). The van der Waals surface area contributed by atoms with E-state index in [4.69, 9.17) is 23.2 Å². The summed E-state index contributed by atoms with van der Waals surface area (Å²) in [5.74, 6) is 0. The molecule has 1 atom stereocenters. The number of nitrogens with one attached hydrogen (secondary N) is 1. The van der Waals surface area contributed by atoms with Gasteiger partial charge in [0.2, 0.25) is 0 Å². The SMILES string of the molecule is CCC(Nc1cccc(C)c1)c1ccc(Cl)c(Cl)c1. The van der Waals surface area contributed by atoms with E-state index >= 15 is 0 Å². The van der Waals surface area contributed by atoms with Gasteiger partial charge in [0.15, 0.2) is 0 Å². The minimum Gasteiger partial charge on any atom is -0.378 e. The first kappa shape index (κ1) is 14.2. The smallest absolute Gasteiger partial charge is 0.0595 e. The first-order valence-corrected chi connectivity index (χ1v) is 7.14. The van der Waals surface area contributed by atoms with Crippen molar-refractivity contribution in [3.05, 3.63) is 63.6 Å². The highest BCUT2D eigenvalue weighted by molar-refractivity contribution is 6.42. The molecular formula is C16H17Cl2N. The largest absolute Gasteiger partial charge is 0.378 e. The third kappa shape index (κ3) is 3.65. The number of anilines is 1. The van der Waals surface area contributed by atoms with Crippen molar-refractivity contribution in [3.8, 4) is 0 Å². The Morgan fingerprint density at radius 1 is 1.05 bits per heavy atom. The van der Waals surface area contributed by atoms with E-state index < -0.39 is 0 Å². The van der Waals surface area contributed by atoms with Crippen LogP contribution >= 0.6 is 23.2 Å². The van der Waals surface area contributed by atoms with E-state index in [0.29, 0.717) is 10.0 Å². The van der Waals surface area contributed by atoms with E-state index in [1.807, 2.05) is 18.2 Å². The molecule has 1 unspecified atom stereocenters. The van der Waals surface area contributed by atoms with Gasteiger partial charge in [-0.1, -0.05) is 48.3 Å². The zero-order chi connectivity index (χ0) is 13.8. The molecule has 3 heteroatoms. The maximum absolute atomic E-state index is 6.08. The molecule has 0 aliphatic carbocycles. The molecule has 19 heavy (non-hydrogen) atoms. The van der Waals surface area contributed by atoms with Gasteiger partial charge < -0.3 is 5.32 Å². The number of rotatable bonds is 4. The van der Waals surface area contributed by atoms with Gasteiger partial charge in [0.25, 0.3) is 0 Å². The highest BCUT2D eigenvalue weighted by Gasteiger charge is 2.10. The van der Waals surface area contributed by atoms with Gasteiger partial charge in [-0.3, -0.25) is 0 Å². The third-order valence-electron chi connectivity index (χ3n) is 3.11. The summed E-state index contributed by atoms with van der Waals surface area (Å²) >= 11 is 12.0. The van der Waals surface area contributed by atoms with Crippen LogP contribution in [0.25, 0.3) is 0 Å². The van der Waals surface area contributed by atoms with Gasteiger partial charge in [0, 0.05) is 5.69 Å². The van der Waals surface area contributed by atoms with Crippen molar-refractivity contribution in [1.82, 2.24) is 0 Å². The fourth-order valence-electron chi connectivity index (χ4n) is 2.09. The van der Waals surface area contributed by atoms with Gasteiger partial charge in [-0.25, -0.2) is 0 Å². The van der Waals surface area contributed by atoms with Crippen molar-refractivity contribution in [2.45, 2.75) is 26.3 Å². The summed E-state index contributed by atoms with van der Waals surface area (Å²) < 4.78 is 0. The normalized spacial score (nSPS) is 12.2. The molecular weight excluding hydrogens is 277 g/mol. The second-order valence-corrected chi connectivity index (χ2v) is 5.46. The Kier molecular flexibility index (Phi) is 4.73. The maximum atomic E-state index is 6.08. The average molecular weight is 294 g/mol. The Balaban J connectivity index is 2.22. The molecule has 1 nitrogen and oxygen atoms in total. The molecule has 0 aliphatic heterocycles. The van der Waals surface area contributed by atoms with Gasteiger partial charge in [0.1, 0.15) is 0 Å². The summed E-state index contributed by atoms with van der Waals surface area (Å²) in [4.78, 5) is 0. The van der Waals surface area contributed by atoms with Gasteiger partial charge in [-0.05, 0) is 48.7 Å². The summed E-state index contributed by atoms with van der Waals surface area (Å²) in [5, 5.41) is 4.72. The Labute approximate surface area is 124 Å². The Morgan fingerprint density at radius 2 is 1.84 bits per heavy atom. The number of aryl methyl sites for hydroxylation is 1. The molecule has 100 valence electrons. The minimum absolute atomic E-state index is 0.233. The van der Waals surface area contributed by atoms with Crippen LogP contribution in [0.2, 0.25) is 10.0 Å². The highest BCUT2D eigenvalue weighted by atomic mass is 35.5. The Bertz CT molecular complexity index is 566. The molecule has 0 spiro atoms. The first-order valence-electron chi connectivity index (χ1n) is 6.38. The first-order chi connectivity index (χ1) is 9.10. The lowest BCUT2D eigenvalue weighted by Crippen LogP contribution is -2.09. The van der Waals surface area contributed by atoms with Crippen LogP contribution in [0.15, 0.2) is 42.5 Å². The highest BCUT2D eigenvalue weighted by Crippen LogP contribution is 2.29. The van der Waals surface area contributed by atoms with Crippen LogP contribution in [-0.4, -0.2) is 0 Å². The van der Waals surface area contributed by atoms with Crippen LogP contribution < -0.4 is 5.32 Å². The molecule has 0 saturated heterocycles. The molecule has 0 aromatic heterocycles. The molecule has 2 aromatic rings. The minimum atomic E-state index is 0.233. The fourth-order valence-corrected chi connectivity index (χ4v) is 2.39. The van der Waals surface area contributed by atoms with Gasteiger partial charge in [-0.15, -0.1) is 0 Å². The lowest BCUT2D eigenvalue weighted by Gasteiger charge is -2.19. The van der Waals surface area contributed by atoms with Crippen molar-refractivity contribution >= 4 is 28.9 Å². The van der Waals surface area contributed by atoms with Crippen LogP contribution in [0.3, 0.4) is 0 Å². The molecule has 0 amide bonds. The monoisotopic (exact) mass is 293 g/mol. The van der Waals surface area contributed by atoms with Gasteiger partial charge >= 0.3 is 0 Å². The molecule has 0 bridgehead atoms. The Morgan fingerprint density at radius 3 is 2.47 bits per heavy atom. The van der Waals surface area contributed by atoms with Crippen molar-refractivity contribution in [1.29, 1.82) is 0 Å². The van der Waals surface area contributed by atoms with Crippen LogP contribution in [0, 0.1) is 6.92 Å². The topological polar surface area (TPSA) is 12.0 Å². The van der Waals surface area contributed by atoms with Gasteiger partial charge in [-0.2, -0.15) is 0 Å². The lowest BCUT2D eigenvalue weighted by molar-refractivity contribution is 0.749.